The third-order valence-electron chi connectivity index (χ3n) is 8.48. The van der Waals surface area contributed by atoms with Gasteiger partial charge in [-0.1, -0.05) is 116 Å². The molecule has 0 radical (unpaired) electrons. The number of rotatable bonds is 2. The van der Waals surface area contributed by atoms with E-state index in [-0.39, 0.29) is 13.4 Å². The van der Waals surface area contributed by atoms with Gasteiger partial charge in [0.2, 0.25) is 6.71 Å². The highest BCUT2D eigenvalue weighted by Crippen LogP contribution is 2.27. The van der Waals surface area contributed by atoms with Crippen molar-refractivity contribution in [3.05, 3.63) is 106 Å². The molecule has 0 nitrogen and oxygen atoms in total. The summed E-state index contributed by atoms with van der Waals surface area (Å²) < 4.78 is 5.86. The maximum absolute atomic E-state index is 2.38. The van der Waals surface area contributed by atoms with E-state index in [2.05, 4.69) is 114 Å². The minimum atomic E-state index is 0.232. The minimum Gasteiger partial charge on any atom is -0.150 e. The maximum Gasteiger partial charge on any atom is 0.265 e. The summed E-state index contributed by atoms with van der Waals surface area (Å²) in [5, 5.41) is 2.84. The molecule has 0 aliphatic carbocycles. The van der Waals surface area contributed by atoms with Gasteiger partial charge in [-0.05, 0) is 74.0 Å². The zero-order chi connectivity index (χ0) is 26.3. The molecular weight excluding hydrogens is 494 g/mol. The van der Waals surface area contributed by atoms with Gasteiger partial charge in [0.25, 0.3) is 6.71 Å². The highest BCUT2D eigenvalue weighted by Gasteiger charge is 2.45. The average Bonchev–Trinajstić information content (AvgIpc) is 3.43. The van der Waals surface area contributed by atoms with Crippen molar-refractivity contribution in [3.63, 3.8) is 0 Å². The fourth-order valence-corrected chi connectivity index (χ4v) is 10.1. The van der Waals surface area contributed by atoms with Gasteiger partial charge in [0.1, 0.15) is 0 Å². The van der Waals surface area contributed by atoms with Crippen molar-refractivity contribution < 1.29 is 0 Å². The highest BCUT2D eigenvalue weighted by molar-refractivity contribution is 7.44. The first-order valence-electron chi connectivity index (χ1n) is 13.5. The monoisotopic (exact) mass is 524 g/mol. The molecule has 2 aromatic heterocycles. The summed E-state index contributed by atoms with van der Waals surface area (Å²) in [5.74, 6) is 0. The molecule has 3 heterocycles. The van der Waals surface area contributed by atoms with Crippen molar-refractivity contribution in [1.29, 1.82) is 0 Å². The molecular formula is C34H30B2S2. The lowest BCUT2D eigenvalue weighted by Crippen LogP contribution is -2.74. The van der Waals surface area contributed by atoms with E-state index in [1.54, 1.807) is 0 Å². The summed E-state index contributed by atoms with van der Waals surface area (Å²) in [6.07, 6.45) is 0. The molecule has 4 heteroatoms. The Morgan fingerprint density at radius 1 is 0.447 bits per heavy atom. The molecule has 0 fully saturated rings. The Labute approximate surface area is 234 Å². The summed E-state index contributed by atoms with van der Waals surface area (Å²) in [6, 6.07) is 27.7. The second-order valence-electron chi connectivity index (χ2n) is 11.2. The molecule has 38 heavy (non-hydrogen) atoms. The summed E-state index contributed by atoms with van der Waals surface area (Å²) in [5.41, 5.74) is 14.3. The molecule has 0 spiro atoms. The van der Waals surface area contributed by atoms with E-state index in [4.69, 9.17) is 0 Å². The van der Waals surface area contributed by atoms with Crippen LogP contribution in [0.1, 0.15) is 33.4 Å². The number of aryl methyl sites for hydroxylation is 6. The van der Waals surface area contributed by atoms with Crippen molar-refractivity contribution in [2.45, 2.75) is 41.5 Å². The molecule has 1 aliphatic rings. The quantitative estimate of drug-likeness (QED) is 0.269. The topological polar surface area (TPSA) is 0 Å². The standard InChI is InChI=1S/C34H30B2S2/c1-19-15-21(3)29(22(4)16-19)35-31-25-11-7-9-13-27(25)37-33(31)36(30-23(5)17-20(2)18-24(30)6)34-32(35)26-12-8-10-14-28(26)38-34/h7-18H,1-6H3. The smallest absolute Gasteiger partial charge is 0.150 e. The molecule has 0 saturated carbocycles. The van der Waals surface area contributed by atoms with Gasteiger partial charge in [-0.25, -0.2) is 0 Å². The van der Waals surface area contributed by atoms with Gasteiger partial charge in [-0.3, -0.25) is 0 Å². The fraction of sp³-hybridized carbons (Fsp3) is 0.176. The Morgan fingerprint density at radius 2 is 0.816 bits per heavy atom. The Bertz CT molecular complexity index is 1780. The third-order valence-corrected chi connectivity index (χ3v) is 11.0. The van der Waals surface area contributed by atoms with Gasteiger partial charge in [-0.15, -0.1) is 22.7 Å². The Kier molecular flexibility index (Phi) is 5.51. The number of fused-ring (bicyclic) bond motifs is 6. The summed E-state index contributed by atoms with van der Waals surface area (Å²) in [6.45, 7) is 14.2. The molecule has 6 aromatic rings. The van der Waals surface area contributed by atoms with E-state index in [1.165, 1.54) is 85.0 Å². The SMILES string of the molecule is Cc1cc(C)c(B2c3sc4ccccc4c3B(c3c(C)cc(C)cc3C)c3c2sc2ccccc32)c(C)c1. The lowest BCUT2D eigenvalue weighted by Gasteiger charge is -2.31. The van der Waals surface area contributed by atoms with Crippen LogP contribution in [0.5, 0.6) is 0 Å². The van der Waals surface area contributed by atoms with Gasteiger partial charge < -0.3 is 0 Å². The van der Waals surface area contributed by atoms with Gasteiger partial charge in [0.15, 0.2) is 0 Å². The first-order valence-corrected chi connectivity index (χ1v) is 15.1. The molecule has 1 aliphatic heterocycles. The maximum atomic E-state index is 2.38. The predicted molar refractivity (Wildman–Crippen MR) is 174 cm³/mol. The predicted octanol–water partition coefficient (Wildman–Crippen LogP) is 5.31. The van der Waals surface area contributed by atoms with Crippen LogP contribution in [0.4, 0.5) is 0 Å². The van der Waals surface area contributed by atoms with Gasteiger partial charge >= 0.3 is 0 Å². The zero-order valence-electron chi connectivity index (χ0n) is 22.9. The van der Waals surface area contributed by atoms with Gasteiger partial charge in [0.05, 0.1) is 0 Å². The molecule has 0 atom stereocenters. The van der Waals surface area contributed by atoms with E-state index < -0.39 is 0 Å². The van der Waals surface area contributed by atoms with Gasteiger partial charge in [0, 0.05) is 9.40 Å². The van der Waals surface area contributed by atoms with Crippen LogP contribution >= 0.6 is 22.7 Å². The number of hydrogen-bond acceptors (Lipinski definition) is 2. The van der Waals surface area contributed by atoms with Crippen LogP contribution in [0.15, 0.2) is 72.8 Å². The molecule has 0 bridgehead atoms. The molecule has 0 N–H and O–H groups in total. The third kappa shape index (κ3) is 3.43. The number of thiophene rings is 2. The molecule has 0 saturated heterocycles. The Morgan fingerprint density at radius 3 is 1.24 bits per heavy atom. The summed E-state index contributed by atoms with van der Waals surface area (Å²) >= 11 is 4.04. The number of hydrogen-bond donors (Lipinski definition) is 0. The van der Waals surface area contributed by atoms with E-state index in [0.717, 1.165) is 0 Å². The van der Waals surface area contributed by atoms with Crippen molar-refractivity contribution >= 4 is 87.7 Å². The van der Waals surface area contributed by atoms with Crippen LogP contribution in [0.2, 0.25) is 0 Å². The van der Waals surface area contributed by atoms with Crippen molar-refractivity contribution in [1.82, 2.24) is 0 Å². The molecule has 0 unspecified atom stereocenters. The summed E-state index contributed by atoms with van der Waals surface area (Å²) in [4.78, 5) is 0. The second kappa shape index (κ2) is 8.73. The van der Waals surface area contributed by atoms with Crippen molar-refractivity contribution in [3.8, 4) is 0 Å². The van der Waals surface area contributed by atoms with Gasteiger partial charge in [-0.2, -0.15) is 0 Å². The molecule has 7 rings (SSSR count). The van der Waals surface area contributed by atoms with Crippen molar-refractivity contribution in [2.24, 2.45) is 0 Å². The van der Waals surface area contributed by atoms with E-state index in [1.807, 2.05) is 22.7 Å². The molecule has 4 aromatic carbocycles. The summed E-state index contributed by atoms with van der Waals surface area (Å²) in [7, 11) is 0. The Balaban J connectivity index is 1.67. The minimum absolute atomic E-state index is 0.232. The largest absolute Gasteiger partial charge is 0.265 e. The van der Waals surface area contributed by atoms with Crippen LogP contribution in [-0.4, -0.2) is 13.4 Å². The Hall–Kier alpha value is -3.07. The first-order chi connectivity index (χ1) is 18.3. The zero-order valence-corrected chi connectivity index (χ0v) is 24.5. The van der Waals surface area contributed by atoms with Crippen LogP contribution in [-0.2, 0) is 0 Å². The van der Waals surface area contributed by atoms with E-state index in [9.17, 15) is 0 Å². The molecule has 0 amide bonds. The lowest BCUT2D eigenvalue weighted by atomic mass is 9.23. The van der Waals surface area contributed by atoms with E-state index >= 15 is 0 Å². The fourth-order valence-electron chi connectivity index (χ4n) is 7.30. The first kappa shape index (κ1) is 24.0. The average molecular weight is 524 g/mol. The number of benzene rings is 4. The van der Waals surface area contributed by atoms with Crippen LogP contribution in [0.3, 0.4) is 0 Å². The lowest BCUT2D eigenvalue weighted by molar-refractivity contribution is 1.35. The second-order valence-corrected chi connectivity index (χ2v) is 13.4. The highest BCUT2D eigenvalue weighted by atomic mass is 32.1. The molecule has 184 valence electrons. The van der Waals surface area contributed by atoms with Crippen molar-refractivity contribution in [2.75, 3.05) is 0 Å². The van der Waals surface area contributed by atoms with Crippen LogP contribution in [0.25, 0.3) is 20.2 Å². The van der Waals surface area contributed by atoms with E-state index in [0.29, 0.717) is 0 Å². The normalized spacial score (nSPS) is 12.9. The van der Waals surface area contributed by atoms with Crippen LogP contribution in [0, 0.1) is 41.5 Å². The van der Waals surface area contributed by atoms with Crippen LogP contribution < -0.4 is 31.4 Å².